The van der Waals surface area contributed by atoms with Crippen LogP contribution in [0, 0.1) is 5.92 Å². The number of thiazole rings is 1. The summed E-state index contributed by atoms with van der Waals surface area (Å²) >= 11 is 1.73. The summed E-state index contributed by atoms with van der Waals surface area (Å²) in [4.78, 5) is 10.3. The second-order valence-corrected chi connectivity index (χ2v) is 16.2. The number of fused-ring (bicyclic) bond motifs is 1. The minimum absolute atomic E-state index is 0.0549. The SMILES string of the molecule is CC(C)Cc1cccc(-c2ccc(-c3cccc4sc(-c5ccccc5N=Cc5cc(C(C)(C)C)cc(C(C)(C)C)c5)nc34)cc2)c1. The van der Waals surface area contributed by atoms with Gasteiger partial charge in [-0.15, -0.1) is 11.3 Å². The Morgan fingerprint density at radius 2 is 1.30 bits per heavy atom. The lowest BCUT2D eigenvalue weighted by molar-refractivity contribution is 0.568. The van der Waals surface area contributed by atoms with Crippen molar-refractivity contribution < 1.29 is 0 Å². The smallest absolute Gasteiger partial charge is 0.126 e. The van der Waals surface area contributed by atoms with E-state index in [1.807, 2.05) is 6.21 Å². The van der Waals surface area contributed by atoms with Gasteiger partial charge in [0.25, 0.3) is 0 Å². The highest BCUT2D eigenvalue weighted by Crippen LogP contribution is 2.39. The summed E-state index contributed by atoms with van der Waals surface area (Å²) in [6.45, 7) is 18.2. The van der Waals surface area contributed by atoms with Gasteiger partial charge in [0.05, 0.1) is 15.9 Å². The van der Waals surface area contributed by atoms with Gasteiger partial charge in [-0.05, 0) is 92.4 Å². The van der Waals surface area contributed by atoms with Crippen LogP contribution in [0.1, 0.15) is 77.6 Å². The van der Waals surface area contributed by atoms with Crippen molar-refractivity contribution in [3.8, 4) is 32.8 Å². The molecule has 0 saturated carbocycles. The third-order valence-corrected chi connectivity index (χ3v) is 9.75. The number of para-hydroxylation sites is 2. The molecule has 1 aromatic heterocycles. The fourth-order valence-electron chi connectivity index (χ4n) is 5.99. The van der Waals surface area contributed by atoms with Crippen molar-refractivity contribution in [1.82, 2.24) is 4.98 Å². The maximum atomic E-state index is 5.23. The third kappa shape index (κ3) is 7.47. The summed E-state index contributed by atoms with van der Waals surface area (Å²) < 4.78 is 1.18. The molecule has 1 heterocycles. The molecular weight excluding hydrogens is 589 g/mol. The van der Waals surface area contributed by atoms with E-state index in [1.54, 1.807) is 11.3 Å². The molecule has 0 spiro atoms. The molecule has 0 N–H and O–H groups in total. The summed E-state index contributed by atoms with van der Waals surface area (Å²) in [6, 6.07) is 39.6. The van der Waals surface area contributed by atoms with Crippen molar-refractivity contribution in [3.63, 3.8) is 0 Å². The first kappa shape index (κ1) is 32.6. The molecule has 6 rings (SSSR count). The number of aromatic nitrogens is 1. The zero-order valence-corrected chi connectivity index (χ0v) is 29.9. The number of hydrogen-bond acceptors (Lipinski definition) is 3. The third-order valence-electron chi connectivity index (χ3n) is 8.69. The summed E-state index contributed by atoms with van der Waals surface area (Å²) in [5.74, 6) is 0.641. The van der Waals surface area contributed by atoms with E-state index in [9.17, 15) is 0 Å². The van der Waals surface area contributed by atoms with E-state index in [0.717, 1.165) is 39.3 Å². The predicted octanol–water partition coefficient (Wildman–Crippen LogP) is 12.8. The highest BCUT2D eigenvalue weighted by atomic mass is 32.1. The maximum Gasteiger partial charge on any atom is 0.126 e. The van der Waals surface area contributed by atoms with Crippen molar-refractivity contribution in [3.05, 3.63) is 131 Å². The van der Waals surface area contributed by atoms with Crippen molar-refractivity contribution in [2.24, 2.45) is 10.9 Å². The van der Waals surface area contributed by atoms with Crippen LogP contribution in [0.2, 0.25) is 0 Å². The van der Waals surface area contributed by atoms with Gasteiger partial charge in [0.15, 0.2) is 0 Å². The summed E-state index contributed by atoms with van der Waals surface area (Å²) in [5.41, 5.74) is 13.1. The topological polar surface area (TPSA) is 25.2 Å². The van der Waals surface area contributed by atoms with Gasteiger partial charge in [-0.1, -0.05) is 134 Å². The fraction of sp³-hybridized carbons (Fsp3) is 0.273. The molecule has 2 nitrogen and oxygen atoms in total. The number of nitrogens with zero attached hydrogens (tertiary/aromatic N) is 2. The standard InChI is InChI=1S/C44H46N2S/c1-29(2)23-30-13-11-14-34(24-30)32-19-21-33(22-20-32)37-16-12-18-40-41(37)46-42(47-40)38-15-9-10-17-39(38)45-28-31-25-35(43(3,4)5)27-36(26-31)44(6,7)8/h9-22,24-29H,23H2,1-8H3. The molecule has 0 aliphatic rings. The molecule has 47 heavy (non-hydrogen) atoms. The number of rotatable bonds is 7. The molecule has 0 saturated heterocycles. The van der Waals surface area contributed by atoms with Crippen LogP contribution in [0.15, 0.2) is 114 Å². The monoisotopic (exact) mass is 634 g/mol. The Morgan fingerprint density at radius 1 is 0.660 bits per heavy atom. The van der Waals surface area contributed by atoms with Crippen LogP contribution in [-0.2, 0) is 17.3 Å². The van der Waals surface area contributed by atoms with E-state index in [0.29, 0.717) is 5.92 Å². The van der Waals surface area contributed by atoms with Gasteiger partial charge >= 0.3 is 0 Å². The molecule has 0 fully saturated rings. The number of benzene rings is 5. The first-order valence-electron chi connectivity index (χ1n) is 16.7. The van der Waals surface area contributed by atoms with Gasteiger partial charge in [-0.3, -0.25) is 4.99 Å². The fourth-order valence-corrected chi connectivity index (χ4v) is 7.02. The van der Waals surface area contributed by atoms with Crippen LogP contribution in [0.4, 0.5) is 5.69 Å². The van der Waals surface area contributed by atoms with Gasteiger partial charge in [0, 0.05) is 17.3 Å². The Kier molecular flexibility index (Phi) is 9.05. The Morgan fingerprint density at radius 3 is 1.98 bits per heavy atom. The minimum atomic E-state index is 0.0549. The van der Waals surface area contributed by atoms with Crippen molar-refractivity contribution >= 4 is 33.5 Å². The van der Waals surface area contributed by atoms with E-state index in [4.69, 9.17) is 9.98 Å². The minimum Gasteiger partial charge on any atom is -0.256 e. The maximum absolute atomic E-state index is 5.23. The average molecular weight is 635 g/mol. The molecule has 0 aliphatic heterocycles. The predicted molar refractivity (Wildman–Crippen MR) is 206 cm³/mol. The van der Waals surface area contributed by atoms with Crippen LogP contribution in [0.3, 0.4) is 0 Å². The molecule has 0 radical (unpaired) electrons. The normalized spacial score (nSPS) is 12.4. The summed E-state index contributed by atoms with van der Waals surface area (Å²) in [6.07, 6.45) is 3.11. The molecule has 3 heteroatoms. The zero-order valence-electron chi connectivity index (χ0n) is 29.1. The second kappa shape index (κ2) is 13.0. The molecule has 6 aromatic rings. The van der Waals surface area contributed by atoms with E-state index >= 15 is 0 Å². The lowest BCUT2D eigenvalue weighted by Crippen LogP contribution is -2.17. The van der Waals surface area contributed by atoms with Gasteiger partial charge < -0.3 is 0 Å². The second-order valence-electron chi connectivity index (χ2n) is 15.2. The summed E-state index contributed by atoms with van der Waals surface area (Å²) in [5, 5.41) is 0.984. The molecule has 0 bridgehead atoms. The Labute approximate surface area is 285 Å². The van der Waals surface area contributed by atoms with Gasteiger partial charge in [-0.2, -0.15) is 0 Å². The molecular formula is C44H46N2S. The molecule has 0 aliphatic carbocycles. The van der Waals surface area contributed by atoms with E-state index < -0.39 is 0 Å². The van der Waals surface area contributed by atoms with Gasteiger partial charge in [-0.25, -0.2) is 4.98 Å². The highest BCUT2D eigenvalue weighted by Gasteiger charge is 2.20. The van der Waals surface area contributed by atoms with Crippen LogP contribution in [0.5, 0.6) is 0 Å². The Balaban J connectivity index is 1.33. The first-order valence-corrected chi connectivity index (χ1v) is 17.6. The van der Waals surface area contributed by atoms with E-state index in [1.165, 1.54) is 38.1 Å². The molecule has 0 unspecified atom stereocenters. The Hall–Kier alpha value is -4.34. The lowest BCUT2D eigenvalue weighted by Gasteiger charge is -2.25. The zero-order chi connectivity index (χ0) is 33.3. The van der Waals surface area contributed by atoms with E-state index in [2.05, 4.69) is 165 Å². The van der Waals surface area contributed by atoms with Crippen LogP contribution in [-0.4, -0.2) is 11.2 Å². The van der Waals surface area contributed by atoms with E-state index in [-0.39, 0.29) is 10.8 Å². The van der Waals surface area contributed by atoms with Crippen LogP contribution < -0.4 is 0 Å². The summed E-state index contributed by atoms with van der Waals surface area (Å²) in [7, 11) is 0. The molecule has 5 aromatic carbocycles. The lowest BCUT2D eigenvalue weighted by atomic mass is 9.79. The average Bonchev–Trinajstić information content (AvgIpc) is 3.47. The highest BCUT2D eigenvalue weighted by molar-refractivity contribution is 7.21. The van der Waals surface area contributed by atoms with Gasteiger partial charge in [0.1, 0.15) is 5.01 Å². The van der Waals surface area contributed by atoms with Gasteiger partial charge in [0.2, 0.25) is 0 Å². The van der Waals surface area contributed by atoms with Crippen molar-refractivity contribution in [2.45, 2.75) is 72.6 Å². The van der Waals surface area contributed by atoms with Crippen molar-refractivity contribution in [2.75, 3.05) is 0 Å². The number of aliphatic imine (C=N–C) groups is 1. The Bertz CT molecular complexity index is 2010. The number of hydrogen-bond donors (Lipinski definition) is 0. The molecule has 0 atom stereocenters. The van der Waals surface area contributed by atoms with Crippen molar-refractivity contribution in [1.29, 1.82) is 0 Å². The largest absolute Gasteiger partial charge is 0.256 e. The first-order chi connectivity index (χ1) is 22.3. The quantitative estimate of drug-likeness (QED) is 0.160. The van der Waals surface area contributed by atoms with Crippen LogP contribution >= 0.6 is 11.3 Å². The molecule has 238 valence electrons. The molecule has 0 amide bonds. The van der Waals surface area contributed by atoms with Crippen LogP contribution in [0.25, 0.3) is 43.0 Å².